The molecule has 2 atom stereocenters. The summed E-state index contributed by atoms with van der Waals surface area (Å²) in [6.45, 7) is 5.43. The Kier molecular flexibility index (Phi) is 8.04. The van der Waals surface area contributed by atoms with E-state index in [0.717, 1.165) is 5.56 Å². The monoisotopic (exact) mass is 356 g/mol. The van der Waals surface area contributed by atoms with Crippen LogP contribution in [0.25, 0.3) is 0 Å². The molecule has 0 spiro atoms. The highest BCUT2D eigenvalue weighted by molar-refractivity contribution is 5.95. The van der Waals surface area contributed by atoms with Crippen LogP contribution < -0.4 is 20.1 Å². The Bertz CT molecular complexity index is 580. The van der Waals surface area contributed by atoms with Gasteiger partial charge in [-0.05, 0) is 18.6 Å². The van der Waals surface area contributed by atoms with Gasteiger partial charge in [-0.1, -0.05) is 6.08 Å². The molecule has 3 N–H and O–H groups in total. The molecule has 0 aromatic heterocycles. The van der Waals surface area contributed by atoms with Gasteiger partial charge in [0.1, 0.15) is 0 Å². The van der Waals surface area contributed by atoms with Gasteiger partial charge in [0.15, 0.2) is 11.5 Å². The van der Waals surface area contributed by atoms with E-state index >= 15 is 0 Å². The fourth-order valence-electron chi connectivity index (χ4n) is 2.73. The molecule has 1 fully saturated rings. The van der Waals surface area contributed by atoms with Gasteiger partial charge in [-0.25, -0.2) is 0 Å². The van der Waals surface area contributed by atoms with Crippen LogP contribution in [0.1, 0.15) is 15.9 Å². The third-order valence-electron chi connectivity index (χ3n) is 4.01. The van der Waals surface area contributed by atoms with Gasteiger partial charge in [0, 0.05) is 36.7 Å². The molecule has 2 unspecified atom stereocenters. The van der Waals surface area contributed by atoms with Gasteiger partial charge in [0.05, 0.1) is 20.3 Å². The molecule has 1 aliphatic heterocycles. The molecule has 1 aliphatic rings. The summed E-state index contributed by atoms with van der Waals surface area (Å²) in [6.07, 6.45) is 1.91. The van der Waals surface area contributed by atoms with Crippen molar-refractivity contribution in [1.29, 1.82) is 0 Å². The number of β-amino-alcohol motifs (C(OH)–C–C–N with tert-alkyl or cyclic N) is 1. The number of aliphatic hydroxyl groups excluding tert-OH is 1. The number of hydrogen-bond donors (Lipinski definition) is 3. The molecule has 24 heavy (non-hydrogen) atoms. The number of benzene rings is 1. The van der Waals surface area contributed by atoms with Crippen LogP contribution in [0.15, 0.2) is 24.8 Å². The van der Waals surface area contributed by atoms with Crippen LogP contribution >= 0.6 is 12.4 Å². The van der Waals surface area contributed by atoms with Crippen molar-refractivity contribution in [3.05, 3.63) is 35.9 Å². The number of carbonyl (C=O) groups excluding carboxylic acids is 1. The standard InChI is InChI=1S/C17H24N2O4.ClH/c1-4-5-11-6-12(7-15(22-2)16(11)23-3)17(21)19-9-13-8-18-10-14(13)20;/h4,6-7,13-14,18,20H,1,5,8-10H2,2-3H3,(H,19,21);1H. The van der Waals surface area contributed by atoms with E-state index in [0.29, 0.717) is 43.1 Å². The first-order valence-corrected chi connectivity index (χ1v) is 7.63. The zero-order valence-corrected chi connectivity index (χ0v) is 14.8. The van der Waals surface area contributed by atoms with Crippen LogP contribution in [0.2, 0.25) is 0 Å². The third kappa shape index (κ3) is 4.63. The minimum absolute atomic E-state index is 0. The molecule has 1 saturated heterocycles. The van der Waals surface area contributed by atoms with E-state index in [4.69, 9.17) is 9.47 Å². The molecule has 1 aromatic carbocycles. The number of ether oxygens (including phenoxy) is 2. The Hall–Kier alpha value is -1.76. The summed E-state index contributed by atoms with van der Waals surface area (Å²) < 4.78 is 10.7. The molecule has 0 radical (unpaired) electrons. The molecule has 1 aromatic rings. The second-order valence-electron chi connectivity index (χ2n) is 5.56. The van der Waals surface area contributed by atoms with Gasteiger partial charge in [-0.2, -0.15) is 0 Å². The summed E-state index contributed by atoms with van der Waals surface area (Å²) in [7, 11) is 3.11. The molecule has 0 aliphatic carbocycles. The quantitative estimate of drug-likeness (QED) is 0.639. The largest absolute Gasteiger partial charge is 0.493 e. The van der Waals surface area contributed by atoms with Gasteiger partial charge in [-0.3, -0.25) is 4.79 Å². The summed E-state index contributed by atoms with van der Waals surface area (Å²) >= 11 is 0. The molecular weight excluding hydrogens is 332 g/mol. The summed E-state index contributed by atoms with van der Waals surface area (Å²) in [5.74, 6) is 0.959. The molecule has 6 nitrogen and oxygen atoms in total. The van der Waals surface area contributed by atoms with Crippen LogP contribution in [-0.4, -0.2) is 51.0 Å². The summed E-state index contributed by atoms with van der Waals surface area (Å²) in [5, 5.41) is 15.7. The summed E-state index contributed by atoms with van der Waals surface area (Å²) in [5.41, 5.74) is 1.34. The number of nitrogens with one attached hydrogen (secondary N) is 2. The first kappa shape index (κ1) is 20.3. The summed E-state index contributed by atoms with van der Waals surface area (Å²) in [6, 6.07) is 3.44. The van der Waals surface area contributed by atoms with Gasteiger partial charge >= 0.3 is 0 Å². The van der Waals surface area contributed by atoms with Crippen LogP contribution in [-0.2, 0) is 6.42 Å². The van der Waals surface area contributed by atoms with Crippen LogP contribution in [0.3, 0.4) is 0 Å². The molecule has 2 rings (SSSR count). The van der Waals surface area contributed by atoms with Crippen LogP contribution in [0.5, 0.6) is 11.5 Å². The van der Waals surface area contributed by atoms with E-state index in [1.54, 1.807) is 25.3 Å². The van der Waals surface area contributed by atoms with E-state index in [1.807, 2.05) is 0 Å². The number of rotatable bonds is 7. The average molecular weight is 357 g/mol. The Morgan fingerprint density at radius 2 is 2.17 bits per heavy atom. The van der Waals surface area contributed by atoms with Crippen molar-refractivity contribution in [1.82, 2.24) is 10.6 Å². The van der Waals surface area contributed by atoms with Gasteiger partial charge in [-0.15, -0.1) is 19.0 Å². The Morgan fingerprint density at radius 1 is 1.42 bits per heavy atom. The van der Waals surface area contributed by atoms with Crippen LogP contribution in [0, 0.1) is 5.92 Å². The predicted molar refractivity (Wildman–Crippen MR) is 95.4 cm³/mol. The lowest BCUT2D eigenvalue weighted by Crippen LogP contribution is -2.34. The van der Waals surface area contributed by atoms with E-state index in [2.05, 4.69) is 17.2 Å². The maximum absolute atomic E-state index is 12.4. The van der Waals surface area contributed by atoms with Crippen molar-refractivity contribution in [3.63, 3.8) is 0 Å². The highest BCUT2D eigenvalue weighted by atomic mass is 35.5. The third-order valence-corrected chi connectivity index (χ3v) is 4.01. The number of hydrogen-bond acceptors (Lipinski definition) is 5. The van der Waals surface area contributed by atoms with Crippen molar-refractivity contribution in [2.24, 2.45) is 5.92 Å². The lowest BCUT2D eigenvalue weighted by molar-refractivity contribution is 0.0926. The summed E-state index contributed by atoms with van der Waals surface area (Å²) in [4.78, 5) is 12.4. The second kappa shape index (κ2) is 9.52. The zero-order valence-electron chi connectivity index (χ0n) is 14.0. The maximum Gasteiger partial charge on any atom is 0.251 e. The topological polar surface area (TPSA) is 79.8 Å². The van der Waals surface area contributed by atoms with E-state index < -0.39 is 6.10 Å². The molecular formula is C17H25ClN2O4. The van der Waals surface area contributed by atoms with Gasteiger partial charge in [0.25, 0.3) is 5.91 Å². The first-order chi connectivity index (χ1) is 11.1. The Labute approximate surface area is 148 Å². The predicted octanol–water partition coefficient (Wildman–Crippen LogP) is 1.16. The van der Waals surface area contributed by atoms with Crippen molar-refractivity contribution in [3.8, 4) is 11.5 Å². The van der Waals surface area contributed by atoms with E-state index in [1.165, 1.54) is 7.11 Å². The van der Waals surface area contributed by atoms with E-state index in [-0.39, 0.29) is 24.2 Å². The lowest BCUT2D eigenvalue weighted by atomic mass is 10.0. The SMILES string of the molecule is C=CCc1cc(C(=O)NCC2CNCC2O)cc(OC)c1OC.Cl. The zero-order chi connectivity index (χ0) is 16.8. The molecule has 1 heterocycles. The number of methoxy groups -OCH3 is 2. The van der Waals surface area contributed by atoms with Crippen LogP contribution in [0.4, 0.5) is 0 Å². The van der Waals surface area contributed by atoms with Crippen molar-refractivity contribution in [2.45, 2.75) is 12.5 Å². The Morgan fingerprint density at radius 3 is 2.71 bits per heavy atom. The minimum Gasteiger partial charge on any atom is -0.493 e. The fourth-order valence-corrected chi connectivity index (χ4v) is 2.73. The second-order valence-corrected chi connectivity index (χ2v) is 5.56. The molecule has 1 amide bonds. The molecule has 7 heteroatoms. The normalized spacial score (nSPS) is 19.3. The van der Waals surface area contributed by atoms with Gasteiger partial charge < -0.3 is 25.2 Å². The van der Waals surface area contributed by atoms with Crippen molar-refractivity contribution >= 4 is 18.3 Å². The van der Waals surface area contributed by atoms with Crippen molar-refractivity contribution in [2.75, 3.05) is 33.9 Å². The fraction of sp³-hybridized carbons (Fsp3) is 0.471. The number of amides is 1. The lowest BCUT2D eigenvalue weighted by Gasteiger charge is -2.16. The average Bonchev–Trinajstić information content (AvgIpc) is 2.97. The number of allylic oxidation sites excluding steroid dienone is 1. The van der Waals surface area contributed by atoms with E-state index in [9.17, 15) is 9.90 Å². The number of halogens is 1. The van der Waals surface area contributed by atoms with Gasteiger partial charge in [0.2, 0.25) is 0 Å². The number of carbonyl (C=O) groups is 1. The number of aliphatic hydroxyl groups is 1. The molecule has 0 bridgehead atoms. The first-order valence-electron chi connectivity index (χ1n) is 7.63. The molecule has 134 valence electrons. The minimum atomic E-state index is -0.419. The highest BCUT2D eigenvalue weighted by Gasteiger charge is 2.25. The smallest absolute Gasteiger partial charge is 0.251 e. The van der Waals surface area contributed by atoms with Crippen molar-refractivity contribution < 1.29 is 19.4 Å². The Balaban J connectivity index is 0.00000288. The highest BCUT2D eigenvalue weighted by Crippen LogP contribution is 2.33. The molecule has 0 saturated carbocycles. The maximum atomic E-state index is 12.4.